The van der Waals surface area contributed by atoms with Gasteiger partial charge >= 0.3 is 0 Å². The van der Waals surface area contributed by atoms with E-state index in [2.05, 4.69) is 0 Å². The molecule has 0 radical (unpaired) electrons. The summed E-state index contributed by atoms with van der Waals surface area (Å²) in [5, 5.41) is 7.72. The lowest BCUT2D eigenvalue weighted by molar-refractivity contribution is 0.628. The Kier molecular flexibility index (Phi) is 3.63. The number of hydrogen-bond donors (Lipinski definition) is 1. The van der Waals surface area contributed by atoms with Gasteiger partial charge in [-0.15, -0.1) is 0 Å². The van der Waals surface area contributed by atoms with Crippen LogP contribution in [-0.2, 0) is 0 Å². The van der Waals surface area contributed by atoms with Crippen LogP contribution in [0.15, 0.2) is 24.3 Å². The molecule has 1 aromatic rings. The van der Waals surface area contributed by atoms with E-state index in [4.69, 9.17) is 5.41 Å². The Morgan fingerprint density at radius 1 is 1.29 bits per heavy atom. The van der Waals surface area contributed by atoms with Gasteiger partial charge in [0, 0.05) is 18.7 Å². The first-order valence-electron chi connectivity index (χ1n) is 4.79. The van der Waals surface area contributed by atoms with Crippen LogP contribution in [0.25, 0.3) is 0 Å². The average Bonchev–Trinajstić information content (AvgIpc) is 2.21. The SMILES string of the molecule is CCC(=N)N(CC)c1ccc(F)cc1. The van der Waals surface area contributed by atoms with Gasteiger partial charge in [0.15, 0.2) is 0 Å². The van der Waals surface area contributed by atoms with Crippen molar-refractivity contribution in [3.63, 3.8) is 0 Å². The van der Waals surface area contributed by atoms with E-state index in [1.54, 1.807) is 12.1 Å². The van der Waals surface area contributed by atoms with E-state index >= 15 is 0 Å². The molecule has 0 fully saturated rings. The Balaban J connectivity index is 2.89. The van der Waals surface area contributed by atoms with Crippen molar-refractivity contribution in [1.29, 1.82) is 5.41 Å². The quantitative estimate of drug-likeness (QED) is 0.581. The molecule has 1 N–H and O–H groups in total. The minimum Gasteiger partial charge on any atom is -0.331 e. The smallest absolute Gasteiger partial charge is 0.123 e. The normalized spacial score (nSPS) is 9.93. The van der Waals surface area contributed by atoms with Gasteiger partial charge in [-0.1, -0.05) is 6.92 Å². The molecule has 1 aromatic carbocycles. The maximum Gasteiger partial charge on any atom is 0.123 e. The number of nitrogens with one attached hydrogen (secondary N) is 1. The van der Waals surface area contributed by atoms with E-state index in [-0.39, 0.29) is 5.82 Å². The molecule has 3 heteroatoms. The fourth-order valence-corrected chi connectivity index (χ4v) is 1.34. The highest BCUT2D eigenvalue weighted by molar-refractivity contribution is 5.95. The second-order valence-electron chi connectivity index (χ2n) is 3.02. The number of hydrogen-bond acceptors (Lipinski definition) is 1. The number of halogens is 1. The van der Waals surface area contributed by atoms with E-state index in [0.717, 1.165) is 12.2 Å². The van der Waals surface area contributed by atoms with Crippen LogP contribution in [0.4, 0.5) is 10.1 Å². The lowest BCUT2D eigenvalue weighted by Crippen LogP contribution is -2.29. The summed E-state index contributed by atoms with van der Waals surface area (Å²) in [5.74, 6) is 0.312. The molecular weight excluding hydrogens is 179 g/mol. The second kappa shape index (κ2) is 4.74. The van der Waals surface area contributed by atoms with Gasteiger partial charge in [-0.25, -0.2) is 4.39 Å². The summed E-state index contributed by atoms with van der Waals surface area (Å²) in [5.41, 5.74) is 0.876. The van der Waals surface area contributed by atoms with Gasteiger partial charge in [0.2, 0.25) is 0 Å². The molecule has 0 bridgehead atoms. The third-order valence-corrected chi connectivity index (χ3v) is 2.12. The number of anilines is 1. The van der Waals surface area contributed by atoms with Gasteiger partial charge < -0.3 is 4.90 Å². The van der Waals surface area contributed by atoms with Crippen molar-refractivity contribution in [1.82, 2.24) is 0 Å². The number of rotatable bonds is 3. The van der Waals surface area contributed by atoms with E-state index in [1.165, 1.54) is 12.1 Å². The maximum absolute atomic E-state index is 12.7. The van der Waals surface area contributed by atoms with Crippen molar-refractivity contribution in [2.24, 2.45) is 0 Å². The van der Waals surface area contributed by atoms with Gasteiger partial charge in [-0.2, -0.15) is 0 Å². The summed E-state index contributed by atoms with van der Waals surface area (Å²) in [7, 11) is 0. The van der Waals surface area contributed by atoms with Gasteiger partial charge in [0.05, 0.1) is 5.84 Å². The highest BCUT2D eigenvalue weighted by Crippen LogP contribution is 2.15. The molecule has 0 heterocycles. The fourth-order valence-electron chi connectivity index (χ4n) is 1.34. The van der Waals surface area contributed by atoms with Crippen LogP contribution in [0.5, 0.6) is 0 Å². The molecule has 0 unspecified atom stereocenters. The largest absolute Gasteiger partial charge is 0.331 e. The molecule has 0 aromatic heterocycles. The summed E-state index contributed by atoms with van der Waals surface area (Å²) in [4.78, 5) is 1.86. The van der Waals surface area contributed by atoms with Crippen LogP contribution in [0, 0.1) is 11.2 Å². The second-order valence-corrected chi connectivity index (χ2v) is 3.02. The average molecular weight is 194 g/mol. The molecule has 14 heavy (non-hydrogen) atoms. The highest BCUT2D eigenvalue weighted by atomic mass is 19.1. The van der Waals surface area contributed by atoms with Crippen LogP contribution in [-0.4, -0.2) is 12.4 Å². The Hall–Kier alpha value is -1.38. The minimum absolute atomic E-state index is 0.243. The number of amidine groups is 1. The van der Waals surface area contributed by atoms with Crippen LogP contribution >= 0.6 is 0 Å². The summed E-state index contributed by atoms with van der Waals surface area (Å²) < 4.78 is 12.7. The molecule has 0 atom stereocenters. The third-order valence-electron chi connectivity index (χ3n) is 2.12. The Morgan fingerprint density at radius 3 is 2.29 bits per heavy atom. The maximum atomic E-state index is 12.7. The summed E-state index contributed by atoms with van der Waals surface area (Å²) in [6, 6.07) is 6.23. The summed E-state index contributed by atoms with van der Waals surface area (Å²) in [6.45, 7) is 4.65. The first-order chi connectivity index (χ1) is 6.69. The molecule has 2 nitrogen and oxygen atoms in total. The van der Waals surface area contributed by atoms with Crippen molar-refractivity contribution in [2.45, 2.75) is 20.3 Å². The molecule has 0 amide bonds. The predicted octanol–water partition coefficient (Wildman–Crippen LogP) is 3.04. The Morgan fingerprint density at radius 2 is 1.86 bits per heavy atom. The lowest BCUT2D eigenvalue weighted by Gasteiger charge is -2.22. The predicted molar refractivity (Wildman–Crippen MR) is 57.4 cm³/mol. The molecule has 0 aliphatic heterocycles. The van der Waals surface area contributed by atoms with E-state index in [9.17, 15) is 4.39 Å². The van der Waals surface area contributed by atoms with Gasteiger partial charge in [0.25, 0.3) is 0 Å². The number of nitrogens with zero attached hydrogens (tertiary/aromatic N) is 1. The minimum atomic E-state index is -0.243. The Labute approximate surface area is 83.9 Å². The zero-order valence-electron chi connectivity index (χ0n) is 8.55. The highest BCUT2D eigenvalue weighted by Gasteiger charge is 2.07. The molecule has 0 saturated heterocycles. The summed E-state index contributed by atoms with van der Waals surface area (Å²) in [6.07, 6.45) is 0.686. The van der Waals surface area contributed by atoms with Crippen LogP contribution in [0.1, 0.15) is 20.3 Å². The Bertz CT molecular complexity index is 306. The van der Waals surface area contributed by atoms with Crippen LogP contribution in [0.3, 0.4) is 0 Å². The molecule has 1 rings (SSSR count). The molecule has 0 saturated carbocycles. The first kappa shape index (κ1) is 10.7. The van der Waals surface area contributed by atoms with Gasteiger partial charge in [-0.05, 0) is 31.2 Å². The fraction of sp³-hybridized carbons (Fsp3) is 0.364. The molecule has 0 aliphatic rings. The van der Waals surface area contributed by atoms with Crippen LogP contribution < -0.4 is 4.90 Å². The zero-order chi connectivity index (χ0) is 10.6. The number of benzene rings is 1. The monoisotopic (exact) mass is 194 g/mol. The summed E-state index contributed by atoms with van der Waals surface area (Å²) >= 11 is 0. The zero-order valence-corrected chi connectivity index (χ0v) is 8.55. The van der Waals surface area contributed by atoms with Crippen LogP contribution in [0.2, 0.25) is 0 Å². The van der Waals surface area contributed by atoms with Gasteiger partial charge in [0.1, 0.15) is 5.82 Å². The third kappa shape index (κ3) is 2.31. The molecule has 0 spiro atoms. The van der Waals surface area contributed by atoms with Crippen molar-refractivity contribution < 1.29 is 4.39 Å². The van der Waals surface area contributed by atoms with E-state index in [0.29, 0.717) is 12.3 Å². The van der Waals surface area contributed by atoms with E-state index < -0.39 is 0 Å². The van der Waals surface area contributed by atoms with Crippen molar-refractivity contribution in [3.05, 3.63) is 30.1 Å². The molecular formula is C11H15FN2. The topological polar surface area (TPSA) is 27.1 Å². The molecule has 76 valence electrons. The van der Waals surface area contributed by atoms with E-state index in [1.807, 2.05) is 18.7 Å². The van der Waals surface area contributed by atoms with Gasteiger partial charge in [-0.3, -0.25) is 5.41 Å². The first-order valence-corrected chi connectivity index (χ1v) is 4.79. The van der Waals surface area contributed by atoms with Crippen molar-refractivity contribution in [3.8, 4) is 0 Å². The standard InChI is InChI=1S/C11H15FN2/c1-3-11(13)14(4-2)10-7-5-9(12)6-8-10/h5-8,13H,3-4H2,1-2H3. The van der Waals surface area contributed by atoms with Crippen molar-refractivity contribution >= 4 is 11.5 Å². The lowest BCUT2D eigenvalue weighted by atomic mass is 10.2. The van der Waals surface area contributed by atoms with Crippen molar-refractivity contribution in [2.75, 3.05) is 11.4 Å². The molecule has 0 aliphatic carbocycles.